The molecular formula is C4H9NO2Se. The van der Waals surface area contributed by atoms with Gasteiger partial charge in [0, 0.05) is 0 Å². The van der Waals surface area contributed by atoms with Crippen molar-refractivity contribution < 1.29 is 9.90 Å². The Balaban J connectivity index is 3.32. The van der Waals surface area contributed by atoms with Crippen LogP contribution in [0.1, 0.15) is 0 Å². The second-order valence-electron chi connectivity index (χ2n) is 1.40. The monoisotopic (exact) mass is 183 g/mol. The van der Waals surface area contributed by atoms with Crippen molar-refractivity contribution in [3.63, 3.8) is 0 Å². The van der Waals surface area contributed by atoms with Gasteiger partial charge in [-0.3, -0.25) is 0 Å². The van der Waals surface area contributed by atoms with E-state index in [2.05, 4.69) is 0 Å². The molecule has 0 aromatic carbocycles. The summed E-state index contributed by atoms with van der Waals surface area (Å²) in [6, 6.07) is -0.639. The SMILES string of the molecule is C[Se]CC(N)C(=O)O. The maximum atomic E-state index is 9.97. The Labute approximate surface area is 54.4 Å². The molecule has 0 aliphatic heterocycles. The van der Waals surface area contributed by atoms with Crippen LogP contribution in [0.25, 0.3) is 0 Å². The van der Waals surface area contributed by atoms with Crippen LogP contribution in [0.3, 0.4) is 0 Å². The average Bonchev–Trinajstić information content (AvgIpc) is 1.67. The van der Waals surface area contributed by atoms with Gasteiger partial charge >= 0.3 is 53.7 Å². The first-order valence-corrected chi connectivity index (χ1v) is 5.08. The molecule has 0 aromatic heterocycles. The summed E-state index contributed by atoms with van der Waals surface area (Å²) in [4.78, 5) is 9.97. The Bertz CT molecular complexity index is 86.1. The average molecular weight is 182 g/mol. The molecule has 0 rings (SSSR count). The van der Waals surface area contributed by atoms with E-state index in [1.54, 1.807) is 0 Å². The summed E-state index contributed by atoms with van der Waals surface area (Å²) < 4.78 is 0. The zero-order valence-electron chi connectivity index (χ0n) is 4.63. The predicted molar refractivity (Wildman–Crippen MR) is 32.0 cm³/mol. The third-order valence-corrected chi connectivity index (χ3v) is 2.12. The van der Waals surface area contributed by atoms with Gasteiger partial charge in [-0.15, -0.1) is 0 Å². The summed E-state index contributed by atoms with van der Waals surface area (Å²) in [5.74, 6) is 1.07. The topological polar surface area (TPSA) is 63.3 Å². The second kappa shape index (κ2) is 3.89. The van der Waals surface area contributed by atoms with Crippen molar-refractivity contribution in [1.82, 2.24) is 0 Å². The number of hydrogen-bond donors (Lipinski definition) is 2. The van der Waals surface area contributed by atoms with Gasteiger partial charge < -0.3 is 0 Å². The Hall–Kier alpha value is -0.0505. The molecule has 0 aliphatic rings. The number of carboxylic acid groups (broad SMARTS) is 1. The number of carboxylic acids is 1. The third kappa shape index (κ3) is 3.02. The molecule has 0 bridgehead atoms. The number of hydrogen-bond acceptors (Lipinski definition) is 2. The molecule has 8 heavy (non-hydrogen) atoms. The van der Waals surface area contributed by atoms with Gasteiger partial charge in [0.25, 0.3) is 0 Å². The molecule has 0 spiro atoms. The van der Waals surface area contributed by atoms with E-state index in [1.165, 1.54) is 0 Å². The van der Waals surface area contributed by atoms with Crippen LogP contribution < -0.4 is 5.73 Å². The van der Waals surface area contributed by atoms with E-state index in [1.807, 2.05) is 5.82 Å². The molecule has 1 atom stereocenters. The molecule has 0 amide bonds. The van der Waals surface area contributed by atoms with Gasteiger partial charge in [-0.25, -0.2) is 0 Å². The van der Waals surface area contributed by atoms with Crippen LogP contribution in [-0.2, 0) is 4.79 Å². The van der Waals surface area contributed by atoms with E-state index >= 15 is 0 Å². The van der Waals surface area contributed by atoms with Gasteiger partial charge in [-0.05, 0) is 0 Å². The van der Waals surface area contributed by atoms with Gasteiger partial charge in [0.05, 0.1) is 0 Å². The van der Waals surface area contributed by atoms with Crippen LogP contribution in [0.4, 0.5) is 0 Å². The fourth-order valence-electron chi connectivity index (χ4n) is 0.251. The quantitative estimate of drug-likeness (QED) is 0.582. The van der Waals surface area contributed by atoms with E-state index in [4.69, 9.17) is 10.8 Å². The number of carbonyl (C=O) groups is 1. The van der Waals surface area contributed by atoms with Crippen molar-refractivity contribution in [3.8, 4) is 0 Å². The maximum absolute atomic E-state index is 9.97. The molecule has 0 heterocycles. The van der Waals surface area contributed by atoms with E-state index in [9.17, 15) is 4.79 Å². The minimum absolute atomic E-state index is 0.373. The third-order valence-electron chi connectivity index (χ3n) is 0.663. The Kier molecular flexibility index (Phi) is 3.87. The van der Waals surface area contributed by atoms with Crippen molar-refractivity contribution in [2.24, 2.45) is 5.73 Å². The summed E-state index contributed by atoms with van der Waals surface area (Å²) in [5.41, 5.74) is 5.14. The van der Waals surface area contributed by atoms with Crippen LogP contribution >= 0.6 is 0 Å². The number of aliphatic carboxylic acids is 1. The normalized spacial score (nSPS) is 13.2. The molecule has 4 heteroatoms. The molecule has 0 saturated carbocycles. The van der Waals surface area contributed by atoms with E-state index in [0.717, 1.165) is 0 Å². The zero-order chi connectivity index (χ0) is 6.57. The van der Waals surface area contributed by atoms with Crippen LogP contribution in [-0.4, -0.2) is 32.1 Å². The van der Waals surface area contributed by atoms with Gasteiger partial charge in [0.2, 0.25) is 0 Å². The van der Waals surface area contributed by atoms with E-state index in [0.29, 0.717) is 20.3 Å². The fourth-order valence-corrected chi connectivity index (χ4v) is 1.30. The van der Waals surface area contributed by atoms with Crippen LogP contribution in [0, 0.1) is 0 Å². The van der Waals surface area contributed by atoms with Crippen molar-refractivity contribution in [2.45, 2.75) is 17.2 Å². The van der Waals surface area contributed by atoms with E-state index < -0.39 is 12.0 Å². The summed E-state index contributed by atoms with van der Waals surface area (Å²) in [6.07, 6.45) is 0. The Morgan fingerprint density at radius 1 is 2.00 bits per heavy atom. The molecule has 0 radical (unpaired) electrons. The van der Waals surface area contributed by atoms with Gasteiger partial charge in [0.1, 0.15) is 0 Å². The molecule has 0 fully saturated rings. The number of rotatable bonds is 3. The van der Waals surface area contributed by atoms with Crippen molar-refractivity contribution in [3.05, 3.63) is 0 Å². The zero-order valence-corrected chi connectivity index (χ0v) is 6.34. The molecular weight excluding hydrogens is 173 g/mol. The first-order chi connectivity index (χ1) is 3.68. The molecule has 0 saturated heterocycles. The molecule has 0 aromatic rings. The standard InChI is InChI=1S/C4H9NO2Se/c1-8-2-3(5)4(6)7/h3H,2,5H2,1H3,(H,6,7). The Morgan fingerprint density at radius 2 is 2.50 bits per heavy atom. The number of nitrogens with two attached hydrogens (primary N) is 1. The molecule has 0 aliphatic carbocycles. The van der Waals surface area contributed by atoms with Gasteiger partial charge in [-0.1, -0.05) is 0 Å². The molecule has 3 N–H and O–H groups in total. The second-order valence-corrected chi connectivity index (χ2v) is 3.31. The minimum atomic E-state index is -0.895. The summed E-state index contributed by atoms with van der Waals surface area (Å²) in [7, 11) is 0. The van der Waals surface area contributed by atoms with Crippen LogP contribution in [0.15, 0.2) is 0 Å². The van der Waals surface area contributed by atoms with Crippen LogP contribution in [0.2, 0.25) is 11.1 Å². The van der Waals surface area contributed by atoms with Crippen molar-refractivity contribution in [1.29, 1.82) is 0 Å². The summed E-state index contributed by atoms with van der Waals surface area (Å²) >= 11 is 0.373. The first kappa shape index (κ1) is 7.95. The first-order valence-electron chi connectivity index (χ1n) is 2.15. The van der Waals surface area contributed by atoms with Crippen LogP contribution in [0.5, 0.6) is 0 Å². The van der Waals surface area contributed by atoms with Gasteiger partial charge in [-0.2, -0.15) is 0 Å². The van der Waals surface area contributed by atoms with Crippen molar-refractivity contribution in [2.75, 3.05) is 0 Å². The van der Waals surface area contributed by atoms with Crippen molar-refractivity contribution >= 4 is 20.9 Å². The molecule has 1 unspecified atom stereocenters. The summed E-state index contributed by atoms with van der Waals surface area (Å²) in [6.45, 7) is 0. The Morgan fingerprint density at radius 3 is 2.62 bits per heavy atom. The van der Waals surface area contributed by atoms with Gasteiger partial charge in [0.15, 0.2) is 0 Å². The van der Waals surface area contributed by atoms with E-state index in [-0.39, 0.29) is 0 Å². The predicted octanol–water partition coefficient (Wildman–Crippen LogP) is -0.431. The summed E-state index contributed by atoms with van der Waals surface area (Å²) in [5, 5.41) is 8.83. The molecule has 48 valence electrons. The fraction of sp³-hybridized carbons (Fsp3) is 0.750. The molecule has 3 nitrogen and oxygen atoms in total.